The van der Waals surface area contributed by atoms with Crippen LogP contribution in [0.25, 0.3) is 33.5 Å². The molecular weight excluding hydrogens is 539 g/mol. The number of nitrogens with one attached hydrogen (secondary N) is 1. The van der Waals surface area contributed by atoms with Crippen molar-refractivity contribution in [2.45, 2.75) is 44.9 Å². The van der Waals surface area contributed by atoms with E-state index in [1.165, 1.54) is 20.0 Å². The molecule has 222 valence electrons. The van der Waals surface area contributed by atoms with Crippen molar-refractivity contribution in [3.05, 3.63) is 47.5 Å². The summed E-state index contributed by atoms with van der Waals surface area (Å²) < 4.78 is 28.4. The van der Waals surface area contributed by atoms with Gasteiger partial charge in [-0.2, -0.15) is 0 Å². The summed E-state index contributed by atoms with van der Waals surface area (Å²) >= 11 is 0. The molecule has 0 saturated heterocycles. The Bertz CT molecular complexity index is 1660. The maximum Gasteiger partial charge on any atom is 0.406 e. The third kappa shape index (κ3) is 5.29. The number of imidazole rings is 1. The Morgan fingerprint density at radius 2 is 2.07 bits per heavy atom. The lowest BCUT2D eigenvalue weighted by molar-refractivity contribution is 0.0725. The first-order valence-electron chi connectivity index (χ1n) is 14.5. The Hall–Kier alpha value is -4.12. The first-order chi connectivity index (χ1) is 20.3. The van der Waals surface area contributed by atoms with Gasteiger partial charge in [0.15, 0.2) is 5.82 Å². The second-order valence-electron chi connectivity index (χ2n) is 11.5. The molecule has 0 radical (unpaired) electrons. The van der Waals surface area contributed by atoms with Crippen LogP contribution in [0.4, 0.5) is 9.18 Å². The number of para-hydroxylation sites is 1. The van der Waals surface area contributed by atoms with E-state index in [2.05, 4.69) is 37.4 Å². The van der Waals surface area contributed by atoms with Crippen LogP contribution >= 0.6 is 0 Å². The second-order valence-corrected chi connectivity index (χ2v) is 11.5. The zero-order valence-corrected chi connectivity index (χ0v) is 24.2. The Kier molecular flexibility index (Phi) is 7.53. The van der Waals surface area contributed by atoms with Gasteiger partial charge >= 0.3 is 6.09 Å². The highest BCUT2D eigenvalue weighted by atomic mass is 19.1. The highest BCUT2D eigenvalue weighted by Gasteiger charge is 2.29. The topological polar surface area (TPSA) is 117 Å². The minimum absolute atomic E-state index is 0.130. The Morgan fingerprint density at radius 3 is 2.81 bits per heavy atom. The molecule has 0 unspecified atom stereocenters. The highest BCUT2D eigenvalue weighted by molar-refractivity contribution is 6.01. The number of nitrogens with two attached hydrogens (primary N) is 1. The Labute approximate surface area is 243 Å². The molecule has 4 aromatic rings. The summed E-state index contributed by atoms with van der Waals surface area (Å²) in [5.41, 5.74) is 11.0. The summed E-state index contributed by atoms with van der Waals surface area (Å²) in [6.45, 7) is 3.11. The van der Waals surface area contributed by atoms with Gasteiger partial charge in [-0.05, 0) is 61.9 Å². The molecule has 6 rings (SSSR count). The van der Waals surface area contributed by atoms with Crippen LogP contribution in [0.1, 0.15) is 35.7 Å². The number of alkyl halides is 1. The van der Waals surface area contributed by atoms with Gasteiger partial charge in [0.2, 0.25) is 0 Å². The van der Waals surface area contributed by atoms with Crippen LogP contribution in [-0.4, -0.2) is 76.6 Å². The fourth-order valence-corrected chi connectivity index (χ4v) is 5.83. The first-order valence-corrected chi connectivity index (χ1v) is 14.5. The van der Waals surface area contributed by atoms with Crippen molar-refractivity contribution >= 4 is 33.9 Å². The van der Waals surface area contributed by atoms with Crippen LogP contribution < -0.4 is 15.8 Å². The normalized spacial score (nSPS) is 16.5. The molecule has 1 aliphatic carbocycles. The van der Waals surface area contributed by atoms with E-state index in [0.717, 1.165) is 51.3 Å². The van der Waals surface area contributed by atoms with E-state index >= 15 is 0 Å². The predicted octanol–water partition coefficient (Wildman–Crippen LogP) is 4.02. The van der Waals surface area contributed by atoms with Crippen LogP contribution in [0.2, 0.25) is 0 Å². The number of carbonyl (C=O) groups is 2. The summed E-state index contributed by atoms with van der Waals surface area (Å²) in [5.74, 6) is 2.01. The number of halogens is 1. The van der Waals surface area contributed by atoms with Gasteiger partial charge in [-0.25, -0.2) is 14.2 Å². The number of amides is 2. The molecule has 2 atom stereocenters. The van der Waals surface area contributed by atoms with E-state index in [9.17, 15) is 14.0 Å². The van der Waals surface area contributed by atoms with Crippen molar-refractivity contribution in [2.75, 3.05) is 33.4 Å². The van der Waals surface area contributed by atoms with E-state index < -0.39 is 18.8 Å². The first kappa shape index (κ1) is 28.0. The number of fused-ring (bicyclic) bond motifs is 3. The molecule has 3 heterocycles. The van der Waals surface area contributed by atoms with Crippen molar-refractivity contribution in [3.63, 3.8) is 0 Å². The number of methoxy groups -OCH3 is 1. The number of ether oxygens (including phenoxy) is 2. The maximum atomic E-state index is 13.3. The molecule has 1 aliphatic heterocycles. The zero-order chi connectivity index (χ0) is 29.5. The average molecular weight is 577 g/mol. The molecule has 0 spiro atoms. The van der Waals surface area contributed by atoms with E-state index in [-0.39, 0.29) is 18.6 Å². The molecular formula is C31H37FN6O4. The average Bonchev–Trinajstić information content (AvgIpc) is 3.66. The van der Waals surface area contributed by atoms with Crippen molar-refractivity contribution < 1.29 is 23.5 Å². The third-order valence-corrected chi connectivity index (χ3v) is 8.22. The van der Waals surface area contributed by atoms with Gasteiger partial charge in [-0.15, -0.1) is 0 Å². The molecule has 3 N–H and O–H groups in total. The molecule has 11 heteroatoms. The largest absolute Gasteiger partial charge is 0.487 e. The number of hydrogen-bond acceptors (Lipinski definition) is 6. The van der Waals surface area contributed by atoms with E-state index in [0.29, 0.717) is 31.0 Å². The van der Waals surface area contributed by atoms with Crippen LogP contribution in [0.5, 0.6) is 5.75 Å². The Morgan fingerprint density at radius 1 is 1.26 bits per heavy atom. The van der Waals surface area contributed by atoms with Crippen LogP contribution in [0, 0.1) is 5.92 Å². The summed E-state index contributed by atoms with van der Waals surface area (Å²) in [5, 5.41) is 3.73. The molecule has 2 aromatic carbocycles. The molecule has 1 fully saturated rings. The molecule has 2 aliphatic rings. The number of carbonyl (C=O) groups excluding carboxylic acids is 2. The molecule has 2 aromatic heterocycles. The van der Waals surface area contributed by atoms with Gasteiger partial charge in [-0.1, -0.05) is 12.1 Å². The summed E-state index contributed by atoms with van der Waals surface area (Å²) in [6, 6.07) is 11.4. The molecule has 0 bridgehead atoms. The number of nitrogens with zero attached hydrogens (tertiary/aromatic N) is 4. The number of aromatic nitrogens is 3. The monoisotopic (exact) mass is 576 g/mol. The number of aryl methyl sites for hydroxylation is 1. The van der Waals surface area contributed by atoms with Gasteiger partial charge in [0.1, 0.15) is 18.5 Å². The summed E-state index contributed by atoms with van der Waals surface area (Å²) in [4.78, 5) is 31.5. The highest BCUT2D eigenvalue weighted by Crippen LogP contribution is 2.39. The number of rotatable bonds is 10. The minimum atomic E-state index is -0.685. The van der Waals surface area contributed by atoms with Gasteiger partial charge in [0.05, 0.1) is 41.9 Å². The predicted molar refractivity (Wildman–Crippen MR) is 158 cm³/mol. The van der Waals surface area contributed by atoms with Crippen LogP contribution in [0.3, 0.4) is 0 Å². The standard InChI is InChI=1S/C31H37FN6O4/c1-18(15-34-31(40)41-3)42-27-6-4-5-21-12-26(38(28(21)27)16-19-7-8-19)29-35-24-13-23-20(11-25(24)36(29)2)9-10-37(30(23)39)17-22(33)14-32/h4-6,11-13,18-19,22H,7-10,14-17,33H2,1-3H3,(H,34,40)/t18-,22+/m0/s1. The van der Waals surface area contributed by atoms with E-state index in [1.807, 2.05) is 32.2 Å². The number of hydrogen-bond donors (Lipinski definition) is 2. The quantitative estimate of drug-likeness (QED) is 0.295. The van der Waals surface area contributed by atoms with Gasteiger partial charge in [0, 0.05) is 37.6 Å². The molecule has 1 saturated carbocycles. The molecule has 10 nitrogen and oxygen atoms in total. The van der Waals surface area contributed by atoms with E-state index in [1.54, 1.807) is 4.90 Å². The molecule has 42 heavy (non-hydrogen) atoms. The second kappa shape index (κ2) is 11.3. The summed E-state index contributed by atoms with van der Waals surface area (Å²) in [7, 11) is 3.34. The van der Waals surface area contributed by atoms with Crippen molar-refractivity contribution in [3.8, 4) is 17.3 Å². The maximum absolute atomic E-state index is 13.3. The Balaban J connectivity index is 1.39. The lowest BCUT2D eigenvalue weighted by Crippen LogP contribution is -2.45. The number of alkyl carbamates (subject to hydrolysis) is 1. The van der Waals surface area contributed by atoms with Crippen LogP contribution in [-0.2, 0) is 24.8 Å². The minimum Gasteiger partial charge on any atom is -0.487 e. The van der Waals surface area contributed by atoms with Gasteiger partial charge in [0.25, 0.3) is 5.91 Å². The van der Waals surface area contributed by atoms with Crippen molar-refractivity contribution in [1.82, 2.24) is 24.3 Å². The van der Waals surface area contributed by atoms with Crippen LogP contribution in [0.15, 0.2) is 36.4 Å². The summed E-state index contributed by atoms with van der Waals surface area (Å²) in [6.07, 6.45) is 2.27. The van der Waals surface area contributed by atoms with Crippen molar-refractivity contribution in [2.24, 2.45) is 18.7 Å². The van der Waals surface area contributed by atoms with E-state index in [4.69, 9.17) is 15.5 Å². The SMILES string of the molecule is COC(=O)NC[C@H](C)Oc1cccc2cc(-c3nc4cc5c(cc4n3C)CCN(C[C@H](N)CF)C5=O)n(CC3CC3)c12. The van der Waals surface area contributed by atoms with Crippen molar-refractivity contribution in [1.29, 1.82) is 0 Å². The number of benzene rings is 2. The fraction of sp³-hybridized carbons (Fsp3) is 0.452. The smallest absolute Gasteiger partial charge is 0.406 e. The molecule has 2 amide bonds. The zero-order valence-electron chi connectivity index (χ0n) is 24.2. The van der Waals surface area contributed by atoms with Gasteiger partial charge in [-0.3, -0.25) is 4.79 Å². The lowest BCUT2D eigenvalue weighted by atomic mass is 9.97. The fourth-order valence-electron chi connectivity index (χ4n) is 5.83. The van der Waals surface area contributed by atoms with Gasteiger partial charge < -0.3 is 34.6 Å². The lowest BCUT2D eigenvalue weighted by Gasteiger charge is -2.30. The third-order valence-electron chi connectivity index (χ3n) is 8.22.